The number of benzene rings is 6. The maximum absolute atomic E-state index is 15.7. The lowest BCUT2D eigenvalue weighted by Gasteiger charge is -2.38. The minimum atomic E-state index is -1.89. The van der Waals surface area contributed by atoms with Crippen molar-refractivity contribution in [3.05, 3.63) is 203 Å². The predicted molar refractivity (Wildman–Crippen MR) is 489 cm³/mol. The molecule has 36 heteroatoms. The number of nitrogens with one attached hydrogen (secondary N) is 10. The van der Waals surface area contributed by atoms with Crippen LogP contribution >= 0.6 is 11.8 Å². The third kappa shape index (κ3) is 29.4. The molecule has 35 nitrogen and oxygen atoms in total. The van der Waals surface area contributed by atoms with Gasteiger partial charge in [-0.15, -0.1) is 11.8 Å². The number of carboxylic acid groups (broad SMARTS) is 1. The fourth-order valence-electron chi connectivity index (χ4n) is 15.9. The van der Waals surface area contributed by atoms with E-state index in [2.05, 4.69) is 52.8 Å². The number of likely N-dealkylation sites (N-methyl/N-ethyl adjacent to an activating group) is 4. The van der Waals surface area contributed by atoms with E-state index < -0.39 is 198 Å². The number of aromatic amines is 1. The molecule has 3 heterocycles. The molecule has 15 amide bonds. The number of rotatable bonds is 23. The van der Waals surface area contributed by atoms with E-state index in [1.807, 2.05) is 6.92 Å². The highest BCUT2D eigenvalue weighted by Gasteiger charge is 2.45. The van der Waals surface area contributed by atoms with Gasteiger partial charge in [0, 0.05) is 96.1 Å². The van der Waals surface area contributed by atoms with Crippen LogP contribution in [0.2, 0.25) is 0 Å². The van der Waals surface area contributed by atoms with Gasteiger partial charge in [-0.3, -0.25) is 76.7 Å². The van der Waals surface area contributed by atoms with Crippen LogP contribution in [0.15, 0.2) is 170 Å². The first-order valence-electron chi connectivity index (χ1n) is 43.8. The van der Waals surface area contributed by atoms with Crippen molar-refractivity contribution in [3.63, 3.8) is 0 Å². The summed E-state index contributed by atoms with van der Waals surface area (Å²) in [5.41, 5.74) is 9.16. The number of nitrogens with two attached hydrogens (primary N) is 1. The number of nitrogens with zero attached hydrogens (tertiary/aromatic N) is 5. The topological polar surface area (TPSA) is 500 Å². The number of fused-ring (bicyclic) bond motifs is 2. The molecule has 0 saturated carbocycles. The lowest BCUT2D eigenvalue weighted by molar-refractivity contribution is -0.152. The molecule has 15 N–H and O–H groups in total. The number of para-hydroxylation sites is 1. The summed E-state index contributed by atoms with van der Waals surface area (Å²) in [6.07, 6.45) is 0.469. The van der Waals surface area contributed by atoms with Crippen LogP contribution in [0.3, 0.4) is 0 Å². The Hall–Kier alpha value is -13.7. The van der Waals surface area contributed by atoms with Gasteiger partial charge in [-0.1, -0.05) is 181 Å². The molecule has 2 aliphatic heterocycles. The van der Waals surface area contributed by atoms with Crippen molar-refractivity contribution in [2.75, 3.05) is 59.3 Å². The summed E-state index contributed by atoms with van der Waals surface area (Å²) >= 11 is 0.835. The molecule has 2 aliphatic rings. The lowest BCUT2D eigenvalue weighted by Crippen LogP contribution is -2.61. The molecule has 1 aromatic heterocycles. The largest absolute Gasteiger partial charge is 0.508 e. The van der Waals surface area contributed by atoms with Gasteiger partial charge < -0.3 is 98.4 Å². The standard InChI is InChI=1S/C95H120N16O19S/c1-10-11-32-76-94(129)111-42-23-33-75(111)89(124)103-71(50-82(117)118)88(123)106-83(57(4)5)95(130)109(8)77(47-59-26-17-13-18-27-59)90(125)104-72(46-62-36-40-65(113)41-37-62)91(126)107(6)53-80(115)99-70(49-63-51-97-67-31-22-21-30-66(63)67)87(122)102-69(44-61-34-38-64(112)39-35-61)86(121)101-68(43-56(2)3)85(120)105-74(84(119)98-52-79(96)114)54-131-55-81(116)100-73(45-58-24-15-12-16-25-58)92(127)110(9)78(93(128)108(76)7)48-60-28-19-14-20-29-60/h12-22,24-31,34-41,51,56-57,68-78,83,97,112-113H,10-11,23,32-33,42-50,52-55H2,1-9H3,(H2,96,114)(H,98,119)(H,99,115)(H,100,116)(H,101,121)(H,102,122)(H,103,124)(H,104,125)(H,105,120)(H,106,123)(H,117,118)/t68-,69-,70-,71-,72-,73-,74-,75-,76-,77-,78-,83-/m0/s1. The zero-order valence-corrected chi connectivity index (χ0v) is 75.9. The second-order valence-corrected chi connectivity index (χ2v) is 35.0. The van der Waals surface area contributed by atoms with E-state index in [0.29, 0.717) is 57.1 Å². The second-order valence-electron chi connectivity index (χ2n) is 34.0. The Morgan fingerprint density at radius 2 is 0.969 bits per heavy atom. The zero-order valence-electron chi connectivity index (χ0n) is 75.1. The number of thioether (sulfide) groups is 1. The molecule has 0 aliphatic carbocycles. The average Bonchev–Trinajstić information content (AvgIpc) is 1.77. The summed E-state index contributed by atoms with van der Waals surface area (Å²) in [6, 6.07) is 26.2. The summed E-state index contributed by atoms with van der Waals surface area (Å²) in [7, 11) is 5.35. The Labute approximate surface area is 765 Å². The molecule has 12 atom stereocenters. The Bertz CT molecular complexity index is 5160. The fraction of sp³-hybridized carbons (Fsp3) is 0.432. The van der Waals surface area contributed by atoms with Gasteiger partial charge in [-0.25, -0.2) is 0 Å². The first-order chi connectivity index (χ1) is 62.5. The highest BCUT2D eigenvalue weighted by atomic mass is 32.2. The highest BCUT2D eigenvalue weighted by molar-refractivity contribution is 8.00. The number of phenols is 2. The van der Waals surface area contributed by atoms with Crippen LogP contribution in [-0.4, -0.2) is 271 Å². The molecular formula is C95H120N16O19S. The third-order valence-electron chi connectivity index (χ3n) is 23.1. The smallest absolute Gasteiger partial charge is 0.305 e. The van der Waals surface area contributed by atoms with E-state index in [1.54, 1.807) is 149 Å². The summed E-state index contributed by atoms with van der Waals surface area (Å²) in [6.45, 7) is 7.03. The van der Waals surface area contributed by atoms with E-state index in [1.165, 1.54) is 91.4 Å². The maximum atomic E-state index is 15.7. The first-order valence-corrected chi connectivity index (χ1v) is 45.0. The number of aliphatic carboxylic acids is 1. The minimum Gasteiger partial charge on any atom is -0.508 e. The van der Waals surface area contributed by atoms with Crippen molar-refractivity contribution in [1.82, 2.24) is 77.3 Å². The number of carboxylic acids is 1. The number of unbranched alkanes of at least 4 members (excludes halogenated alkanes) is 1. The third-order valence-corrected chi connectivity index (χ3v) is 24.2. The molecule has 0 unspecified atom stereocenters. The minimum absolute atomic E-state index is 0.0215. The van der Waals surface area contributed by atoms with Crippen molar-refractivity contribution in [1.29, 1.82) is 0 Å². The van der Waals surface area contributed by atoms with Crippen LogP contribution in [0.4, 0.5) is 0 Å². The maximum Gasteiger partial charge on any atom is 0.305 e. The molecule has 6 aromatic carbocycles. The predicted octanol–water partition coefficient (Wildman–Crippen LogP) is 2.86. The van der Waals surface area contributed by atoms with Crippen molar-refractivity contribution in [3.8, 4) is 11.5 Å². The highest BCUT2D eigenvalue weighted by Crippen LogP contribution is 2.27. The van der Waals surface area contributed by atoms with Crippen molar-refractivity contribution in [2.24, 2.45) is 17.6 Å². The van der Waals surface area contributed by atoms with Crippen LogP contribution in [0.5, 0.6) is 11.5 Å². The number of aromatic nitrogens is 1. The molecule has 131 heavy (non-hydrogen) atoms. The number of primary amides is 1. The van der Waals surface area contributed by atoms with E-state index in [0.717, 1.165) is 21.6 Å². The van der Waals surface area contributed by atoms with Crippen LogP contribution in [0.1, 0.15) is 113 Å². The van der Waals surface area contributed by atoms with Gasteiger partial charge in [0.1, 0.15) is 84.0 Å². The van der Waals surface area contributed by atoms with Gasteiger partial charge in [0.05, 0.1) is 25.3 Å². The second kappa shape index (κ2) is 48.7. The summed E-state index contributed by atoms with van der Waals surface area (Å²) < 4.78 is 0. The van der Waals surface area contributed by atoms with Gasteiger partial charge in [-0.2, -0.15) is 0 Å². The Morgan fingerprint density at radius 3 is 1.53 bits per heavy atom. The molecule has 2 saturated heterocycles. The molecule has 0 radical (unpaired) electrons. The normalized spacial score (nSPS) is 22.7. The molecule has 7 aromatic rings. The lowest BCUT2D eigenvalue weighted by atomic mass is 9.98. The summed E-state index contributed by atoms with van der Waals surface area (Å²) in [4.78, 5) is 246. The number of amides is 15. The summed E-state index contributed by atoms with van der Waals surface area (Å²) in [5, 5.41) is 56.0. The van der Waals surface area contributed by atoms with E-state index in [9.17, 15) is 53.7 Å². The Morgan fingerprint density at radius 1 is 0.489 bits per heavy atom. The van der Waals surface area contributed by atoms with Crippen molar-refractivity contribution < 1.29 is 92.0 Å². The number of carbonyl (C=O) groups excluding carboxylic acids is 15. The van der Waals surface area contributed by atoms with Crippen LogP contribution < -0.4 is 53.6 Å². The molecule has 0 bridgehead atoms. The molecular weight excluding hydrogens is 1700 g/mol. The van der Waals surface area contributed by atoms with Crippen LogP contribution in [0.25, 0.3) is 10.9 Å². The number of hydrogen-bond acceptors (Lipinski definition) is 19. The zero-order chi connectivity index (χ0) is 95.3. The van der Waals surface area contributed by atoms with Crippen LogP contribution in [-0.2, 0) is 115 Å². The van der Waals surface area contributed by atoms with Crippen LogP contribution in [0, 0.1) is 11.8 Å². The first kappa shape index (κ1) is 101. The number of hydrogen-bond donors (Lipinski definition) is 14. The monoisotopic (exact) mass is 1820 g/mol. The number of phenolic OH excluding ortho intramolecular Hbond substituents is 2. The average molecular weight is 1820 g/mol. The van der Waals surface area contributed by atoms with Gasteiger partial charge in [-0.05, 0) is 101 Å². The Balaban J connectivity index is 1.12. The van der Waals surface area contributed by atoms with E-state index in [-0.39, 0.29) is 93.9 Å². The number of carbonyl (C=O) groups is 16. The van der Waals surface area contributed by atoms with Gasteiger partial charge >= 0.3 is 5.97 Å². The van der Waals surface area contributed by atoms with Gasteiger partial charge in [0.2, 0.25) is 88.6 Å². The molecule has 700 valence electrons. The van der Waals surface area contributed by atoms with E-state index in [4.69, 9.17) is 5.73 Å². The summed E-state index contributed by atoms with van der Waals surface area (Å²) in [5.74, 6) is -17.1. The Kier molecular flexibility index (Phi) is 37.5. The quantitative estimate of drug-likeness (QED) is 0.0438. The van der Waals surface area contributed by atoms with Crippen molar-refractivity contribution in [2.45, 2.75) is 191 Å². The van der Waals surface area contributed by atoms with E-state index >= 15 is 38.4 Å². The van der Waals surface area contributed by atoms with Gasteiger partial charge in [0.25, 0.3) is 0 Å². The number of aromatic hydroxyl groups is 2. The number of H-pyrrole nitrogens is 1. The SMILES string of the molecule is CCCC[C@H]1C(=O)N2CCC[C@H]2C(=O)N[C@@H](CC(=O)O)C(=O)N[C@@H](C(C)C)C(=O)N(C)[C@@H](Cc2ccccc2)C(=O)N[C@@H](Cc2ccc(O)cc2)C(=O)N(C)CC(=O)N[C@@H](Cc2c[nH]c3ccccc23)C(=O)N[C@@H](Cc2ccc(O)cc2)C(=O)N[C@@H](CC(C)C)C(=O)N[C@H](C(=O)NCC(N)=O)CSCC(=O)N[C@@H](Cc2ccccc2)C(=O)N(C)[C@@H](Cc2ccccc2)C(=O)N1C. The van der Waals surface area contributed by atoms with Crippen molar-refractivity contribution >= 4 is 117 Å². The molecule has 9 rings (SSSR count). The fourth-order valence-corrected chi connectivity index (χ4v) is 16.8. The molecule has 0 spiro atoms. The van der Waals surface area contributed by atoms with Gasteiger partial charge in [0.15, 0.2) is 0 Å². The molecule has 2 fully saturated rings.